The summed E-state index contributed by atoms with van der Waals surface area (Å²) in [4.78, 5) is 0. The molecule has 0 unspecified atom stereocenters. The minimum atomic E-state index is -0.724. The molecular formula is C13H17Cl2F. The molecule has 0 bridgehead atoms. The number of hydrogen-bond donors (Lipinski definition) is 0. The lowest BCUT2D eigenvalue weighted by Crippen LogP contribution is -2.04. The number of rotatable bonds is 5. The zero-order valence-electron chi connectivity index (χ0n) is 9.64. The van der Waals surface area contributed by atoms with Crippen LogP contribution in [0.25, 0.3) is 0 Å². The average Bonchev–Trinajstić information content (AvgIpc) is 2.12. The van der Waals surface area contributed by atoms with Crippen LogP contribution in [0.5, 0.6) is 0 Å². The molecule has 0 spiro atoms. The lowest BCUT2D eigenvalue weighted by atomic mass is 9.97. The van der Waals surface area contributed by atoms with Crippen LogP contribution in [0.2, 0.25) is 10.0 Å². The van der Waals surface area contributed by atoms with Gasteiger partial charge in [0.25, 0.3) is 0 Å². The van der Waals surface area contributed by atoms with Crippen LogP contribution >= 0.6 is 23.2 Å². The molecule has 0 saturated heterocycles. The zero-order valence-corrected chi connectivity index (χ0v) is 11.2. The molecule has 0 aliphatic heterocycles. The van der Waals surface area contributed by atoms with Crippen molar-refractivity contribution < 1.29 is 4.39 Å². The smallest absolute Gasteiger partial charge is 0.0976 e. The van der Waals surface area contributed by atoms with Crippen LogP contribution in [0.4, 0.5) is 4.39 Å². The maximum Gasteiger partial charge on any atom is 0.0976 e. The molecule has 0 aromatic heterocycles. The van der Waals surface area contributed by atoms with E-state index in [0.717, 1.165) is 18.4 Å². The predicted molar refractivity (Wildman–Crippen MR) is 69.1 cm³/mol. The maximum absolute atomic E-state index is 12.8. The van der Waals surface area contributed by atoms with Gasteiger partial charge >= 0.3 is 0 Å². The van der Waals surface area contributed by atoms with Crippen molar-refractivity contribution >= 4 is 23.2 Å². The Bertz CT molecular complexity index is 316. The summed E-state index contributed by atoms with van der Waals surface area (Å²) in [5.74, 6) is 0.387. The molecule has 0 fully saturated rings. The second-order valence-corrected chi connectivity index (χ2v) is 5.31. The van der Waals surface area contributed by atoms with Crippen LogP contribution in [-0.2, 0) is 6.42 Å². The van der Waals surface area contributed by atoms with E-state index >= 15 is 0 Å². The SMILES string of the molecule is C[C@H](CCc1cc(Cl)cc(Cl)c1)C[C@@H](C)F. The highest BCUT2D eigenvalue weighted by Crippen LogP contribution is 2.22. The molecule has 0 radical (unpaired) electrons. The molecule has 0 amide bonds. The highest BCUT2D eigenvalue weighted by molar-refractivity contribution is 6.34. The van der Waals surface area contributed by atoms with Crippen LogP contribution in [0.15, 0.2) is 18.2 Å². The quantitative estimate of drug-likeness (QED) is 0.675. The van der Waals surface area contributed by atoms with Crippen LogP contribution in [0.3, 0.4) is 0 Å². The number of hydrogen-bond acceptors (Lipinski definition) is 0. The molecule has 16 heavy (non-hydrogen) atoms. The molecule has 0 aliphatic rings. The van der Waals surface area contributed by atoms with Gasteiger partial charge in [0, 0.05) is 10.0 Å². The Morgan fingerprint density at radius 1 is 1.12 bits per heavy atom. The Balaban J connectivity index is 2.48. The van der Waals surface area contributed by atoms with Crippen molar-refractivity contribution in [2.75, 3.05) is 0 Å². The second-order valence-electron chi connectivity index (χ2n) is 4.44. The molecule has 0 aliphatic carbocycles. The number of aryl methyl sites for hydroxylation is 1. The van der Waals surface area contributed by atoms with Gasteiger partial charge < -0.3 is 0 Å². The summed E-state index contributed by atoms with van der Waals surface area (Å²) >= 11 is 11.8. The van der Waals surface area contributed by atoms with Crippen molar-refractivity contribution in [1.29, 1.82) is 0 Å². The first-order chi connectivity index (χ1) is 7.47. The molecule has 1 aromatic carbocycles. The summed E-state index contributed by atoms with van der Waals surface area (Å²) in [6.45, 7) is 3.68. The van der Waals surface area contributed by atoms with Crippen LogP contribution in [0, 0.1) is 5.92 Å². The van der Waals surface area contributed by atoms with E-state index in [-0.39, 0.29) is 0 Å². The third-order valence-electron chi connectivity index (χ3n) is 2.58. The van der Waals surface area contributed by atoms with E-state index in [1.807, 2.05) is 12.1 Å². The standard InChI is InChI=1S/C13H17Cl2F/c1-9(5-10(2)16)3-4-11-6-12(14)8-13(15)7-11/h6-10H,3-5H2,1-2H3/t9-,10-/m1/s1. The topological polar surface area (TPSA) is 0 Å². The zero-order chi connectivity index (χ0) is 12.1. The maximum atomic E-state index is 12.8. The van der Waals surface area contributed by atoms with Gasteiger partial charge in [-0.25, -0.2) is 4.39 Å². The first-order valence-corrected chi connectivity index (χ1v) is 6.32. The van der Waals surface area contributed by atoms with Gasteiger partial charge in [-0.2, -0.15) is 0 Å². The van der Waals surface area contributed by atoms with E-state index < -0.39 is 6.17 Å². The normalized spacial score (nSPS) is 14.8. The minimum absolute atomic E-state index is 0.387. The highest BCUT2D eigenvalue weighted by Gasteiger charge is 2.08. The summed E-state index contributed by atoms with van der Waals surface area (Å²) in [6.07, 6.45) is 1.76. The Morgan fingerprint density at radius 3 is 2.19 bits per heavy atom. The third-order valence-corrected chi connectivity index (χ3v) is 3.01. The molecule has 3 heteroatoms. The largest absolute Gasteiger partial charge is 0.248 e. The summed E-state index contributed by atoms with van der Waals surface area (Å²) in [7, 11) is 0. The van der Waals surface area contributed by atoms with E-state index in [1.165, 1.54) is 0 Å². The first kappa shape index (κ1) is 13.8. The molecule has 0 nitrogen and oxygen atoms in total. The van der Waals surface area contributed by atoms with Gasteiger partial charge in [-0.1, -0.05) is 30.1 Å². The van der Waals surface area contributed by atoms with Crippen molar-refractivity contribution in [2.45, 2.75) is 39.3 Å². The monoisotopic (exact) mass is 262 g/mol. The average molecular weight is 263 g/mol. The number of benzene rings is 1. The molecule has 0 saturated carbocycles. The van der Waals surface area contributed by atoms with Gasteiger partial charge in [0.05, 0.1) is 6.17 Å². The molecule has 0 heterocycles. The van der Waals surface area contributed by atoms with Gasteiger partial charge in [0.15, 0.2) is 0 Å². The lowest BCUT2D eigenvalue weighted by molar-refractivity contribution is 0.290. The molecule has 1 aromatic rings. The van der Waals surface area contributed by atoms with Crippen LogP contribution < -0.4 is 0 Å². The summed E-state index contributed by atoms with van der Waals surface area (Å²) < 4.78 is 12.8. The van der Waals surface area contributed by atoms with Crippen molar-refractivity contribution in [2.24, 2.45) is 5.92 Å². The van der Waals surface area contributed by atoms with Gasteiger partial charge in [0.1, 0.15) is 0 Å². The fraction of sp³-hybridized carbons (Fsp3) is 0.538. The highest BCUT2D eigenvalue weighted by atomic mass is 35.5. The molecule has 1 rings (SSSR count). The first-order valence-electron chi connectivity index (χ1n) is 5.56. The van der Waals surface area contributed by atoms with Gasteiger partial charge in [0.2, 0.25) is 0 Å². The third kappa shape index (κ3) is 5.18. The van der Waals surface area contributed by atoms with E-state index in [0.29, 0.717) is 22.4 Å². The Labute approximate surface area is 107 Å². The van der Waals surface area contributed by atoms with Gasteiger partial charge in [-0.15, -0.1) is 0 Å². The number of alkyl halides is 1. The van der Waals surface area contributed by atoms with Crippen LogP contribution in [-0.4, -0.2) is 6.17 Å². The van der Waals surface area contributed by atoms with Crippen molar-refractivity contribution in [3.05, 3.63) is 33.8 Å². The van der Waals surface area contributed by atoms with Gasteiger partial charge in [-0.05, 0) is 55.9 Å². The summed E-state index contributed by atoms with van der Waals surface area (Å²) in [5.41, 5.74) is 1.12. The minimum Gasteiger partial charge on any atom is -0.248 e. The van der Waals surface area contributed by atoms with E-state index in [1.54, 1.807) is 13.0 Å². The summed E-state index contributed by atoms with van der Waals surface area (Å²) in [5, 5.41) is 1.32. The van der Waals surface area contributed by atoms with Crippen molar-refractivity contribution in [3.8, 4) is 0 Å². The Hall–Kier alpha value is -0.270. The van der Waals surface area contributed by atoms with Crippen LogP contribution in [0.1, 0.15) is 32.3 Å². The fourth-order valence-electron chi connectivity index (χ4n) is 1.84. The van der Waals surface area contributed by atoms with E-state index in [9.17, 15) is 4.39 Å². The van der Waals surface area contributed by atoms with Gasteiger partial charge in [-0.3, -0.25) is 0 Å². The Kier molecular flexibility index (Phi) is 5.57. The lowest BCUT2D eigenvalue weighted by Gasteiger charge is -2.12. The predicted octanol–water partition coefficient (Wildman–Crippen LogP) is 5.31. The molecule has 0 N–H and O–H groups in total. The van der Waals surface area contributed by atoms with E-state index in [2.05, 4.69) is 6.92 Å². The fourth-order valence-corrected chi connectivity index (χ4v) is 2.41. The summed E-state index contributed by atoms with van der Waals surface area (Å²) in [6, 6.07) is 5.55. The van der Waals surface area contributed by atoms with Crippen molar-refractivity contribution in [3.63, 3.8) is 0 Å². The number of halogens is 3. The molecule has 2 atom stereocenters. The Morgan fingerprint density at radius 2 is 1.69 bits per heavy atom. The van der Waals surface area contributed by atoms with Crippen molar-refractivity contribution in [1.82, 2.24) is 0 Å². The van der Waals surface area contributed by atoms with E-state index in [4.69, 9.17) is 23.2 Å². The molecule has 90 valence electrons. The molecular weight excluding hydrogens is 246 g/mol. The second kappa shape index (κ2) is 6.46.